The number of benzene rings is 1. The fourth-order valence-electron chi connectivity index (χ4n) is 2.37. The first kappa shape index (κ1) is 14.7. The van der Waals surface area contributed by atoms with E-state index in [1.54, 1.807) is 0 Å². The molecule has 0 fully saturated rings. The van der Waals surface area contributed by atoms with Crippen LogP contribution in [0.25, 0.3) is 10.8 Å². The zero-order valence-corrected chi connectivity index (χ0v) is 11.4. The average molecular weight is 308 g/mol. The van der Waals surface area contributed by atoms with E-state index in [0.717, 1.165) is 18.2 Å². The Morgan fingerprint density at radius 1 is 1.18 bits per heavy atom. The number of ether oxygens (including phenoxy) is 1. The Balaban J connectivity index is 2.32. The Bertz CT molecular complexity index is 838. The average Bonchev–Trinajstić information content (AvgIpc) is 2.58. The third-order valence-electron chi connectivity index (χ3n) is 3.41. The van der Waals surface area contributed by atoms with Crippen LogP contribution < -0.4 is 5.63 Å². The lowest BCUT2D eigenvalue weighted by molar-refractivity contribution is -0.137. The predicted molar refractivity (Wildman–Crippen MR) is 73.5 cm³/mol. The fraction of sp³-hybridized carbons (Fsp3) is 0.312. The molecule has 0 atom stereocenters. The summed E-state index contributed by atoms with van der Waals surface area (Å²) in [5.74, 6) is 5.83. The van der Waals surface area contributed by atoms with Gasteiger partial charge in [-0.05, 0) is 24.6 Å². The highest BCUT2D eigenvalue weighted by atomic mass is 19.4. The van der Waals surface area contributed by atoms with Crippen LogP contribution in [0.2, 0.25) is 0 Å². The van der Waals surface area contributed by atoms with Gasteiger partial charge in [-0.15, -0.1) is 0 Å². The molecule has 1 aliphatic rings. The summed E-state index contributed by atoms with van der Waals surface area (Å²) in [6.45, 7) is 0.650. The van der Waals surface area contributed by atoms with Crippen molar-refractivity contribution in [3.8, 4) is 11.8 Å². The number of hydrogen-bond acceptors (Lipinski definition) is 3. The monoisotopic (exact) mass is 308 g/mol. The van der Waals surface area contributed by atoms with Gasteiger partial charge in [0, 0.05) is 18.4 Å². The van der Waals surface area contributed by atoms with Gasteiger partial charge in [-0.1, -0.05) is 11.8 Å². The minimum Gasteiger partial charge on any atom is -0.426 e. The van der Waals surface area contributed by atoms with Crippen LogP contribution in [0.15, 0.2) is 27.4 Å². The number of rotatable bonds is 0. The molecule has 0 radical (unpaired) electrons. The third-order valence-corrected chi connectivity index (χ3v) is 3.41. The maximum absolute atomic E-state index is 12.9. The van der Waals surface area contributed by atoms with Gasteiger partial charge >= 0.3 is 11.8 Å². The summed E-state index contributed by atoms with van der Waals surface area (Å²) < 4.78 is 49.2. The normalized spacial score (nSPS) is 15.2. The van der Waals surface area contributed by atoms with Crippen LogP contribution in [0.1, 0.15) is 23.3 Å². The zero-order valence-electron chi connectivity index (χ0n) is 11.4. The van der Waals surface area contributed by atoms with E-state index in [0.29, 0.717) is 30.8 Å². The van der Waals surface area contributed by atoms with Crippen molar-refractivity contribution in [3.05, 3.63) is 45.5 Å². The Morgan fingerprint density at radius 3 is 2.77 bits per heavy atom. The highest BCUT2D eigenvalue weighted by Gasteiger charge is 2.31. The highest BCUT2D eigenvalue weighted by molar-refractivity contribution is 5.88. The molecule has 0 saturated carbocycles. The standard InChI is InChI=1S/C16H11F3O3/c17-16(18,19)10-5-6-12-13(9-10)11-3-1-7-21-8-2-4-14(11)22-15(12)20/h5-6,9H,2,4,7-8H2. The van der Waals surface area contributed by atoms with Gasteiger partial charge < -0.3 is 9.15 Å². The fourth-order valence-corrected chi connectivity index (χ4v) is 2.37. The van der Waals surface area contributed by atoms with Crippen molar-refractivity contribution in [2.75, 3.05) is 13.2 Å². The lowest BCUT2D eigenvalue weighted by Gasteiger charge is -2.10. The molecule has 0 aliphatic carbocycles. The van der Waals surface area contributed by atoms with Crippen molar-refractivity contribution in [2.45, 2.75) is 19.0 Å². The lowest BCUT2D eigenvalue weighted by atomic mass is 10.0. The molecule has 6 heteroatoms. The topological polar surface area (TPSA) is 39.4 Å². The summed E-state index contributed by atoms with van der Waals surface area (Å²) in [7, 11) is 0. The van der Waals surface area contributed by atoms with Crippen molar-refractivity contribution in [3.63, 3.8) is 0 Å². The van der Waals surface area contributed by atoms with Crippen LogP contribution >= 0.6 is 0 Å². The van der Waals surface area contributed by atoms with Gasteiger partial charge in [0.25, 0.3) is 0 Å². The Hall–Kier alpha value is -2.26. The predicted octanol–water partition coefficient (Wildman–Crippen LogP) is 3.13. The first-order valence-corrected chi connectivity index (χ1v) is 6.70. The van der Waals surface area contributed by atoms with Crippen molar-refractivity contribution in [1.82, 2.24) is 0 Å². The Kier molecular flexibility index (Phi) is 3.67. The molecular weight excluding hydrogens is 297 g/mol. The molecule has 1 aromatic carbocycles. The number of hydrogen-bond donors (Lipinski definition) is 0. The van der Waals surface area contributed by atoms with E-state index in [2.05, 4.69) is 11.8 Å². The van der Waals surface area contributed by atoms with Crippen LogP contribution in [0.4, 0.5) is 13.2 Å². The Labute approximate surface area is 123 Å². The molecule has 3 rings (SSSR count). The molecule has 1 aliphatic heterocycles. The number of halogens is 3. The first-order valence-electron chi connectivity index (χ1n) is 6.70. The molecule has 3 nitrogen and oxygen atoms in total. The van der Waals surface area contributed by atoms with Crippen molar-refractivity contribution >= 4 is 10.8 Å². The molecule has 2 heterocycles. The molecular formula is C16H11F3O3. The smallest absolute Gasteiger partial charge is 0.416 e. The summed E-state index contributed by atoms with van der Waals surface area (Å²) in [5.41, 5.74) is -1.12. The van der Waals surface area contributed by atoms with Crippen molar-refractivity contribution < 1.29 is 22.3 Å². The van der Waals surface area contributed by atoms with Crippen LogP contribution in [0, 0.1) is 11.8 Å². The summed E-state index contributed by atoms with van der Waals surface area (Å²) in [6.07, 6.45) is -3.48. The molecule has 0 bridgehead atoms. The van der Waals surface area contributed by atoms with Gasteiger partial charge in [0.1, 0.15) is 12.4 Å². The summed E-state index contributed by atoms with van der Waals surface area (Å²) >= 11 is 0. The molecule has 0 unspecified atom stereocenters. The first-order chi connectivity index (χ1) is 10.5. The van der Waals surface area contributed by atoms with Gasteiger partial charge in [-0.25, -0.2) is 4.79 Å². The van der Waals surface area contributed by atoms with E-state index in [4.69, 9.17) is 9.15 Å². The van der Waals surface area contributed by atoms with Crippen LogP contribution in [0.5, 0.6) is 0 Å². The van der Waals surface area contributed by atoms with Gasteiger partial charge in [0.05, 0.1) is 16.5 Å². The minimum atomic E-state index is -4.48. The molecule has 22 heavy (non-hydrogen) atoms. The van der Waals surface area contributed by atoms with Gasteiger partial charge in [-0.2, -0.15) is 13.2 Å². The number of alkyl halides is 3. The van der Waals surface area contributed by atoms with E-state index in [-0.39, 0.29) is 17.4 Å². The minimum absolute atomic E-state index is 0.0983. The van der Waals surface area contributed by atoms with E-state index in [9.17, 15) is 18.0 Å². The molecule has 0 saturated heterocycles. The maximum atomic E-state index is 12.9. The molecule has 2 aromatic rings. The van der Waals surface area contributed by atoms with Gasteiger partial charge in [0.2, 0.25) is 0 Å². The van der Waals surface area contributed by atoms with Crippen LogP contribution in [-0.4, -0.2) is 13.2 Å². The lowest BCUT2D eigenvalue weighted by Crippen LogP contribution is -2.09. The molecule has 0 spiro atoms. The summed E-state index contributed by atoms with van der Waals surface area (Å²) in [5, 5.41) is 0.275. The largest absolute Gasteiger partial charge is 0.426 e. The van der Waals surface area contributed by atoms with E-state index in [1.807, 2.05) is 0 Å². The summed E-state index contributed by atoms with van der Waals surface area (Å²) in [4.78, 5) is 12.0. The summed E-state index contributed by atoms with van der Waals surface area (Å²) in [6, 6.07) is 2.96. The molecule has 114 valence electrons. The van der Waals surface area contributed by atoms with Crippen LogP contribution in [-0.2, 0) is 17.3 Å². The molecule has 1 aromatic heterocycles. The van der Waals surface area contributed by atoms with Gasteiger partial charge in [-0.3, -0.25) is 0 Å². The maximum Gasteiger partial charge on any atom is 0.416 e. The highest BCUT2D eigenvalue weighted by Crippen LogP contribution is 2.32. The van der Waals surface area contributed by atoms with Crippen LogP contribution in [0.3, 0.4) is 0 Å². The Morgan fingerprint density at radius 2 is 2.00 bits per heavy atom. The molecule has 0 amide bonds. The second-order valence-corrected chi connectivity index (χ2v) is 4.90. The van der Waals surface area contributed by atoms with E-state index < -0.39 is 17.4 Å². The zero-order chi connectivity index (χ0) is 15.7. The van der Waals surface area contributed by atoms with Crippen molar-refractivity contribution in [1.29, 1.82) is 0 Å². The van der Waals surface area contributed by atoms with E-state index >= 15 is 0 Å². The second kappa shape index (κ2) is 5.50. The van der Waals surface area contributed by atoms with Gasteiger partial charge in [0.15, 0.2) is 0 Å². The third kappa shape index (κ3) is 2.72. The SMILES string of the molecule is O=c1oc2c(c3cc(C(F)(F)F)ccc13)C#CCOCCC2. The quantitative estimate of drug-likeness (QED) is 0.702. The second-order valence-electron chi connectivity index (χ2n) is 4.90. The number of fused-ring (bicyclic) bond motifs is 3. The number of aryl methyl sites for hydroxylation is 1. The molecule has 0 N–H and O–H groups in total. The van der Waals surface area contributed by atoms with Crippen molar-refractivity contribution in [2.24, 2.45) is 0 Å². The van der Waals surface area contributed by atoms with E-state index in [1.165, 1.54) is 0 Å².